The highest BCUT2D eigenvalue weighted by Gasteiger charge is 2.16. The number of aromatic nitrogens is 1. The second-order valence-corrected chi connectivity index (χ2v) is 5.98. The van der Waals surface area contributed by atoms with Gasteiger partial charge in [0.05, 0.1) is 10.7 Å². The van der Waals surface area contributed by atoms with E-state index in [1.807, 2.05) is 0 Å². The van der Waals surface area contributed by atoms with Crippen LogP contribution in [0.15, 0.2) is 18.5 Å². The third-order valence-electron chi connectivity index (χ3n) is 2.23. The van der Waals surface area contributed by atoms with Crippen molar-refractivity contribution in [3.63, 3.8) is 0 Å². The van der Waals surface area contributed by atoms with Crippen LogP contribution >= 0.6 is 0 Å². The van der Waals surface area contributed by atoms with E-state index in [4.69, 9.17) is 0 Å². The van der Waals surface area contributed by atoms with Gasteiger partial charge in [-0.3, -0.25) is 15.1 Å². The van der Waals surface area contributed by atoms with Gasteiger partial charge in [-0.15, -0.1) is 0 Å². The summed E-state index contributed by atoms with van der Waals surface area (Å²) in [5.74, 6) is -0.139. The van der Waals surface area contributed by atoms with Gasteiger partial charge < -0.3 is 5.32 Å². The molecule has 1 aromatic rings. The fraction of sp³-hybridized carbons (Fsp3) is 0.444. The molecular weight excluding hydrogens is 260 g/mol. The van der Waals surface area contributed by atoms with E-state index in [2.05, 4.69) is 10.3 Å². The number of nitro groups is 1. The Hall–Kier alpha value is -1.74. The van der Waals surface area contributed by atoms with E-state index in [9.17, 15) is 18.5 Å². The highest BCUT2D eigenvalue weighted by atomic mass is 32.2. The summed E-state index contributed by atoms with van der Waals surface area (Å²) in [6.45, 7) is 0.0887. The molecule has 0 atom stereocenters. The first-order valence-corrected chi connectivity index (χ1v) is 6.68. The number of hydrogen-bond acceptors (Lipinski definition) is 6. The third kappa shape index (κ3) is 3.64. The van der Waals surface area contributed by atoms with E-state index >= 15 is 0 Å². The Morgan fingerprint density at radius 3 is 2.72 bits per heavy atom. The molecule has 1 rings (SSSR count). The molecule has 0 amide bonds. The third-order valence-corrected chi connectivity index (χ3v) is 4.06. The second kappa shape index (κ2) is 5.74. The standard InChI is InChI=1S/C9H14N4O4S/c1-12(2)18(16,17)6-5-11-8-3-4-10-7-9(8)13(14)15/h3-4,7H,5-6H2,1-2H3,(H,10,11). The molecule has 0 aliphatic heterocycles. The van der Waals surface area contributed by atoms with Gasteiger partial charge in [0, 0.05) is 26.8 Å². The fourth-order valence-electron chi connectivity index (χ4n) is 1.18. The largest absolute Gasteiger partial charge is 0.378 e. The summed E-state index contributed by atoms with van der Waals surface area (Å²) in [6, 6.07) is 1.43. The lowest BCUT2D eigenvalue weighted by Crippen LogP contribution is -2.28. The molecule has 0 radical (unpaired) electrons. The number of nitrogens with one attached hydrogen (secondary N) is 1. The van der Waals surface area contributed by atoms with Gasteiger partial charge in [-0.25, -0.2) is 12.7 Å². The SMILES string of the molecule is CN(C)S(=O)(=O)CCNc1ccncc1[N+](=O)[O-]. The predicted molar refractivity (Wildman–Crippen MR) is 66.9 cm³/mol. The fourth-order valence-corrected chi connectivity index (χ4v) is 1.90. The maximum absolute atomic E-state index is 11.5. The zero-order valence-corrected chi connectivity index (χ0v) is 10.8. The Morgan fingerprint density at radius 2 is 2.17 bits per heavy atom. The predicted octanol–water partition coefficient (Wildman–Crippen LogP) is 0.293. The molecule has 1 N–H and O–H groups in total. The first-order chi connectivity index (χ1) is 8.34. The summed E-state index contributed by atoms with van der Waals surface area (Å²) in [6.07, 6.45) is 2.51. The highest BCUT2D eigenvalue weighted by Crippen LogP contribution is 2.21. The van der Waals surface area contributed by atoms with Gasteiger partial charge in [-0.05, 0) is 6.07 Å². The van der Waals surface area contributed by atoms with Crippen molar-refractivity contribution in [3.05, 3.63) is 28.6 Å². The van der Waals surface area contributed by atoms with Crippen LogP contribution in [0.3, 0.4) is 0 Å². The molecule has 0 bridgehead atoms. The van der Waals surface area contributed by atoms with Crippen molar-refractivity contribution in [3.8, 4) is 0 Å². The molecule has 8 nitrogen and oxygen atoms in total. The van der Waals surface area contributed by atoms with Crippen LogP contribution in [-0.4, -0.2) is 49.0 Å². The number of hydrogen-bond donors (Lipinski definition) is 1. The summed E-state index contributed by atoms with van der Waals surface area (Å²) in [7, 11) is -0.447. The summed E-state index contributed by atoms with van der Waals surface area (Å²) in [4.78, 5) is 13.8. The molecule has 100 valence electrons. The van der Waals surface area contributed by atoms with E-state index < -0.39 is 14.9 Å². The minimum atomic E-state index is -3.32. The van der Waals surface area contributed by atoms with E-state index in [1.54, 1.807) is 0 Å². The van der Waals surface area contributed by atoms with Gasteiger partial charge in [0.1, 0.15) is 11.9 Å². The minimum Gasteiger partial charge on any atom is -0.378 e. The Bertz CT molecular complexity index is 529. The maximum Gasteiger partial charge on any atom is 0.310 e. The van der Waals surface area contributed by atoms with Crippen LogP contribution in [0, 0.1) is 10.1 Å². The number of anilines is 1. The van der Waals surface area contributed by atoms with Crippen LogP contribution in [0.25, 0.3) is 0 Å². The lowest BCUT2D eigenvalue weighted by molar-refractivity contribution is -0.384. The minimum absolute atomic E-state index is 0.0887. The molecule has 0 saturated heterocycles. The molecule has 9 heteroatoms. The number of nitrogens with zero attached hydrogens (tertiary/aromatic N) is 3. The summed E-state index contributed by atoms with van der Waals surface area (Å²) in [5.41, 5.74) is 0.0729. The molecule has 0 fully saturated rings. The first-order valence-electron chi connectivity index (χ1n) is 5.07. The summed E-state index contributed by atoms with van der Waals surface area (Å²) >= 11 is 0. The van der Waals surface area contributed by atoms with Crippen molar-refractivity contribution in [1.82, 2.24) is 9.29 Å². The number of sulfonamides is 1. The molecule has 1 heterocycles. The van der Waals surface area contributed by atoms with Crippen molar-refractivity contribution < 1.29 is 13.3 Å². The van der Waals surface area contributed by atoms with Crippen LogP contribution in [0.5, 0.6) is 0 Å². The summed E-state index contributed by atoms with van der Waals surface area (Å²) < 4.78 is 24.1. The van der Waals surface area contributed by atoms with Crippen molar-refractivity contribution in [2.45, 2.75) is 0 Å². The van der Waals surface area contributed by atoms with Crippen LogP contribution in [0.2, 0.25) is 0 Å². The topological polar surface area (TPSA) is 105 Å². The molecule has 0 unspecified atom stereocenters. The van der Waals surface area contributed by atoms with Crippen molar-refractivity contribution in [2.24, 2.45) is 0 Å². The number of pyridine rings is 1. The monoisotopic (exact) mass is 274 g/mol. The van der Waals surface area contributed by atoms with Crippen molar-refractivity contribution in [1.29, 1.82) is 0 Å². The maximum atomic E-state index is 11.5. The van der Waals surface area contributed by atoms with E-state index in [0.29, 0.717) is 0 Å². The molecule has 0 saturated carbocycles. The van der Waals surface area contributed by atoms with Gasteiger partial charge >= 0.3 is 5.69 Å². The summed E-state index contributed by atoms with van der Waals surface area (Å²) in [5, 5.41) is 13.4. The van der Waals surface area contributed by atoms with E-state index in [0.717, 1.165) is 10.5 Å². The van der Waals surface area contributed by atoms with Gasteiger partial charge in [0.15, 0.2) is 0 Å². The average Bonchev–Trinajstić information content (AvgIpc) is 2.29. The average molecular weight is 274 g/mol. The molecule has 0 spiro atoms. The van der Waals surface area contributed by atoms with Gasteiger partial charge in [0.2, 0.25) is 10.0 Å². The molecule has 0 aliphatic rings. The Balaban J connectivity index is 2.68. The lowest BCUT2D eigenvalue weighted by Gasteiger charge is -2.12. The van der Waals surface area contributed by atoms with Crippen LogP contribution in [-0.2, 0) is 10.0 Å². The van der Waals surface area contributed by atoms with Crippen LogP contribution in [0.4, 0.5) is 11.4 Å². The lowest BCUT2D eigenvalue weighted by atomic mass is 10.3. The molecule has 1 aromatic heterocycles. The molecule has 0 aliphatic carbocycles. The molecular formula is C9H14N4O4S. The van der Waals surface area contributed by atoms with Crippen molar-refractivity contribution >= 4 is 21.4 Å². The quantitative estimate of drug-likeness (QED) is 0.590. The van der Waals surface area contributed by atoms with E-state index in [-0.39, 0.29) is 23.7 Å². The second-order valence-electron chi connectivity index (χ2n) is 3.68. The number of rotatable bonds is 6. The van der Waals surface area contributed by atoms with Gasteiger partial charge in [0.25, 0.3) is 0 Å². The first kappa shape index (κ1) is 14.3. The smallest absolute Gasteiger partial charge is 0.310 e. The highest BCUT2D eigenvalue weighted by molar-refractivity contribution is 7.89. The Morgan fingerprint density at radius 1 is 1.50 bits per heavy atom. The normalized spacial score (nSPS) is 11.5. The van der Waals surface area contributed by atoms with Crippen molar-refractivity contribution in [2.75, 3.05) is 31.7 Å². The van der Waals surface area contributed by atoms with E-state index in [1.165, 1.54) is 26.4 Å². The molecule has 0 aromatic carbocycles. The van der Waals surface area contributed by atoms with Gasteiger partial charge in [-0.1, -0.05) is 0 Å². The van der Waals surface area contributed by atoms with Crippen LogP contribution < -0.4 is 5.32 Å². The Labute approximate surface area is 105 Å². The molecule has 18 heavy (non-hydrogen) atoms. The zero-order valence-electron chi connectivity index (χ0n) is 10.0. The van der Waals surface area contributed by atoms with Crippen LogP contribution in [0.1, 0.15) is 0 Å². The van der Waals surface area contributed by atoms with Gasteiger partial charge in [-0.2, -0.15) is 0 Å². The zero-order chi connectivity index (χ0) is 13.8. The Kier molecular flexibility index (Phi) is 4.56.